The van der Waals surface area contributed by atoms with Gasteiger partial charge in [-0.1, -0.05) is 0 Å². The Balaban J connectivity index is 0. The first-order valence-electron chi connectivity index (χ1n) is 11.8. The summed E-state index contributed by atoms with van der Waals surface area (Å²) in [5.41, 5.74) is 0.284. The number of aromatic nitrogens is 1. The van der Waals surface area contributed by atoms with Crippen LogP contribution >= 0.6 is 0 Å². The zero-order chi connectivity index (χ0) is 34.7. The quantitative estimate of drug-likeness (QED) is 0.217. The molecule has 1 aromatic rings. The maximum absolute atomic E-state index is 11.5. The maximum atomic E-state index is 11.5. The number of hydrogen-bond acceptors (Lipinski definition) is 9. The first kappa shape index (κ1) is 44.4. The summed E-state index contributed by atoms with van der Waals surface area (Å²) >= 11 is 0. The molecule has 0 spiro atoms. The van der Waals surface area contributed by atoms with Crippen LogP contribution in [0.2, 0.25) is 0 Å². The number of aliphatic hydroxyl groups is 4. The zero-order valence-electron chi connectivity index (χ0n) is 23.5. The molecule has 1 aliphatic rings. The van der Waals surface area contributed by atoms with E-state index in [-0.39, 0.29) is 17.1 Å². The smallest absolute Gasteiger partial charge is 0.414 e. The van der Waals surface area contributed by atoms with Crippen LogP contribution in [0.4, 0.5) is 52.7 Å². The van der Waals surface area contributed by atoms with Gasteiger partial charge in [0, 0.05) is 36.8 Å². The van der Waals surface area contributed by atoms with Crippen LogP contribution in [-0.4, -0.2) is 102 Å². The molecule has 265 valence electrons. The second-order valence-electron chi connectivity index (χ2n) is 10.2. The van der Waals surface area contributed by atoms with Gasteiger partial charge in [-0.3, -0.25) is 4.99 Å². The summed E-state index contributed by atoms with van der Waals surface area (Å²) in [5, 5.41) is 44.0. The van der Waals surface area contributed by atoms with Crippen molar-refractivity contribution in [2.24, 2.45) is 4.99 Å². The Morgan fingerprint density at radius 1 is 0.682 bits per heavy atom. The first-order chi connectivity index (χ1) is 18.8. The minimum atomic E-state index is -5.15. The summed E-state index contributed by atoms with van der Waals surface area (Å²) in [7, 11) is 0. The van der Waals surface area contributed by atoms with E-state index in [1.165, 1.54) is 5.06 Å². The van der Waals surface area contributed by atoms with Gasteiger partial charge in [-0.25, -0.2) is 4.98 Å². The summed E-state index contributed by atoms with van der Waals surface area (Å²) in [6.07, 6.45) is -36.8. The van der Waals surface area contributed by atoms with Gasteiger partial charge in [-0.15, -0.1) is 0 Å². The molecule has 0 fully saturated rings. The van der Waals surface area contributed by atoms with Gasteiger partial charge in [0.05, 0.1) is 11.3 Å². The number of nitrogens with zero attached hydrogens (tertiary/aromatic N) is 3. The van der Waals surface area contributed by atoms with E-state index in [0.29, 0.717) is 5.89 Å². The Bertz CT molecular complexity index is 997. The Morgan fingerprint density at radius 2 is 0.977 bits per heavy atom. The van der Waals surface area contributed by atoms with Crippen molar-refractivity contribution in [1.29, 1.82) is 0 Å². The van der Waals surface area contributed by atoms with Crippen molar-refractivity contribution in [2.45, 2.75) is 115 Å². The Morgan fingerprint density at radius 3 is 1.16 bits per heavy atom. The van der Waals surface area contributed by atoms with Crippen molar-refractivity contribution < 1.29 is 99.8 Å². The topological polar surface area (TPSA) is 143 Å². The number of halogens is 12. The normalized spacial score (nSPS) is 19.8. The van der Waals surface area contributed by atoms with Crippen molar-refractivity contribution >= 4 is 5.71 Å². The molecule has 0 amide bonds. The number of aliphatic imine (C=N–C) groups is 1. The molecule has 0 saturated carbocycles. The van der Waals surface area contributed by atoms with Crippen LogP contribution in [0, 0.1) is 13.8 Å². The molecule has 4 atom stereocenters. The minimum absolute atomic E-state index is 0. The monoisotopic (exact) mass is 724 g/mol. The zero-order valence-corrected chi connectivity index (χ0v) is 24.5. The minimum Gasteiger partial charge on any atom is -0.446 e. The van der Waals surface area contributed by atoms with Crippen molar-refractivity contribution in [3.63, 3.8) is 0 Å². The second-order valence-corrected chi connectivity index (χ2v) is 10.2. The van der Waals surface area contributed by atoms with E-state index >= 15 is 0 Å². The van der Waals surface area contributed by atoms with Crippen LogP contribution in [-0.2, 0) is 17.1 Å². The number of rotatable bonds is 5. The number of hydrogen-bond donors (Lipinski definition) is 5. The predicted molar refractivity (Wildman–Crippen MR) is 122 cm³/mol. The molecule has 44 heavy (non-hydrogen) atoms. The fourth-order valence-electron chi connectivity index (χ4n) is 3.29. The number of alkyl halides is 12. The van der Waals surface area contributed by atoms with Crippen molar-refractivity contribution in [3.8, 4) is 0 Å². The average molecular weight is 725 g/mol. The van der Waals surface area contributed by atoms with Crippen LogP contribution < -0.4 is 0 Å². The summed E-state index contributed by atoms with van der Waals surface area (Å²) in [5.74, 6) is 1.35. The van der Waals surface area contributed by atoms with Gasteiger partial charge >= 0.3 is 24.7 Å². The molecule has 22 heteroatoms. The largest absolute Gasteiger partial charge is 0.446 e. The maximum Gasteiger partial charge on any atom is 0.414 e. The molecule has 1 aromatic heterocycles. The number of aliphatic hydroxyl groups excluding tert-OH is 4. The summed E-state index contributed by atoms with van der Waals surface area (Å²) in [6.45, 7) is 11.2. The standard InChI is InChI=1S/C12H19N3O2.2C5H6F6O2.Cu/c1-7-9(13-8(2)17-7)10-11(3,4)15(16)12(5,6)14-10;2*6-4(7,8)2(12)1-3(13)5(9,10)11;/h16H,1-6H3;2*2-3,12-13H,1H2;. The van der Waals surface area contributed by atoms with Crippen LogP contribution in [0.15, 0.2) is 9.41 Å². The van der Waals surface area contributed by atoms with E-state index in [2.05, 4.69) is 9.98 Å². The fourth-order valence-corrected chi connectivity index (χ4v) is 3.29. The first-order valence-corrected chi connectivity index (χ1v) is 11.8. The predicted octanol–water partition coefficient (Wildman–Crippen LogP) is 4.74. The van der Waals surface area contributed by atoms with Crippen LogP contribution in [0.5, 0.6) is 0 Å². The van der Waals surface area contributed by atoms with Gasteiger partial charge in [-0.2, -0.15) is 57.7 Å². The van der Waals surface area contributed by atoms with Crippen molar-refractivity contribution in [1.82, 2.24) is 10.0 Å². The van der Waals surface area contributed by atoms with Gasteiger partial charge in [-0.05, 0) is 34.6 Å². The molecule has 9 nitrogen and oxygen atoms in total. The summed E-state index contributed by atoms with van der Waals surface area (Å²) in [6, 6.07) is 0. The molecular weight excluding hydrogens is 694 g/mol. The molecule has 4 unspecified atom stereocenters. The molecule has 2 rings (SSSR count). The second kappa shape index (κ2) is 15.3. The fraction of sp³-hybridized carbons (Fsp3) is 0.818. The van der Waals surface area contributed by atoms with E-state index in [1.807, 2.05) is 34.6 Å². The van der Waals surface area contributed by atoms with Gasteiger partial charge in [0.25, 0.3) is 0 Å². The van der Waals surface area contributed by atoms with Gasteiger partial charge in [0.2, 0.25) is 0 Å². The molecule has 0 aliphatic carbocycles. The molecule has 1 aliphatic heterocycles. The summed E-state index contributed by atoms with van der Waals surface area (Å²) in [4.78, 5) is 8.92. The van der Waals surface area contributed by atoms with E-state index in [9.17, 15) is 57.9 Å². The summed E-state index contributed by atoms with van der Waals surface area (Å²) < 4.78 is 143. The SMILES string of the molecule is Cc1nc(C2=NC(C)(C)N(O)C2(C)C)c(C)o1.OC(CC(O)C(F)(F)F)C(F)(F)F.OC(CC(O)C(F)(F)F)C(F)(F)F.[Cu]. The van der Waals surface area contributed by atoms with Crippen LogP contribution in [0.3, 0.4) is 0 Å². The van der Waals surface area contributed by atoms with E-state index in [1.54, 1.807) is 6.92 Å². The number of oxazole rings is 1. The van der Waals surface area contributed by atoms with E-state index in [4.69, 9.17) is 24.8 Å². The van der Waals surface area contributed by atoms with Crippen LogP contribution in [0.1, 0.15) is 57.9 Å². The van der Waals surface area contributed by atoms with E-state index < -0.39 is 73.2 Å². The Kier molecular flexibility index (Phi) is 15.4. The Hall–Kier alpha value is -1.68. The average Bonchev–Trinajstić information content (AvgIpc) is 3.19. The molecule has 0 aromatic carbocycles. The Labute approximate surface area is 253 Å². The van der Waals surface area contributed by atoms with E-state index in [0.717, 1.165) is 17.2 Å². The molecular formula is C22H31CuF12N3O6. The third-order valence-electron chi connectivity index (χ3n) is 5.54. The van der Waals surface area contributed by atoms with Gasteiger partial charge < -0.3 is 30.1 Å². The third-order valence-corrected chi connectivity index (χ3v) is 5.54. The number of hydroxylamine groups is 2. The van der Waals surface area contributed by atoms with Crippen LogP contribution in [0.25, 0.3) is 0 Å². The molecule has 0 saturated heterocycles. The molecule has 0 bridgehead atoms. The molecule has 5 N–H and O–H groups in total. The number of aryl methyl sites for hydroxylation is 2. The van der Waals surface area contributed by atoms with Crippen molar-refractivity contribution in [3.05, 3.63) is 17.3 Å². The van der Waals surface area contributed by atoms with Crippen molar-refractivity contribution in [2.75, 3.05) is 0 Å². The molecule has 1 radical (unpaired) electrons. The van der Waals surface area contributed by atoms with Gasteiger partial charge in [0.15, 0.2) is 30.3 Å². The molecule has 2 heterocycles. The third kappa shape index (κ3) is 13.0. The van der Waals surface area contributed by atoms with Gasteiger partial charge in [0.1, 0.15) is 17.1 Å².